The van der Waals surface area contributed by atoms with E-state index >= 15 is 0 Å². The summed E-state index contributed by atoms with van der Waals surface area (Å²) in [6, 6.07) is 4.74. The van der Waals surface area contributed by atoms with Gasteiger partial charge in [-0.05, 0) is 17.5 Å². The first-order chi connectivity index (χ1) is 7.16. The van der Waals surface area contributed by atoms with Crippen LogP contribution < -0.4 is 5.32 Å². The number of hydrogen-bond donors (Lipinski definition) is 1. The molecule has 5 nitrogen and oxygen atoms in total. The molecule has 2 rings (SSSR count). The monoisotopic (exact) mass is 206 g/mol. The van der Waals surface area contributed by atoms with E-state index in [1.54, 1.807) is 6.07 Å². The van der Waals surface area contributed by atoms with Crippen LogP contribution >= 0.6 is 0 Å². The SMILES string of the molecule is O=C1CCc2ccc([N+](=O)[O-])cc2CN1. The van der Waals surface area contributed by atoms with Crippen LogP contribution in [0.5, 0.6) is 0 Å². The molecule has 1 heterocycles. The smallest absolute Gasteiger partial charge is 0.269 e. The summed E-state index contributed by atoms with van der Waals surface area (Å²) in [7, 11) is 0. The second kappa shape index (κ2) is 3.68. The Morgan fingerprint density at radius 1 is 1.27 bits per heavy atom. The molecule has 0 spiro atoms. The number of nitro benzene ring substituents is 1. The number of nitrogens with zero attached hydrogens (tertiary/aromatic N) is 1. The van der Waals surface area contributed by atoms with E-state index in [9.17, 15) is 14.9 Å². The van der Waals surface area contributed by atoms with E-state index in [0.717, 1.165) is 11.1 Å². The highest BCUT2D eigenvalue weighted by Gasteiger charge is 2.15. The molecule has 0 atom stereocenters. The van der Waals surface area contributed by atoms with Crippen LogP contribution in [-0.4, -0.2) is 10.8 Å². The summed E-state index contributed by atoms with van der Waals surface area (Å²) in [5, 5.41) is 13.3. The van der Waals surface area contributed by atoms with Crippen molar-refractivity contribution < 1.29 is 9.72 Å². The van der Waals surface area contributed by atoms with Gasteiger partial charge in [0.05, 0.1) is 4.92 Å². The molecule has 1 aliphatic rings. The van der Waals surface area contributed by atoms with Crippen molar-refractivity contribution in [3.8, 4) is 0 Å². The Morgan fingerprint density at radius 2 is 2.07 bits per heavy atom. The summed E-state index contributed by atoms with van der Waals surface area (Å²) in [6.07, 6.45) is 1.10. The first-order valence-corrected chi connectivity index (χ1v) is 4.70. The molecule has 78 valence electrons. The summed E-state index contributed by atoms with van der Waals surface area (Å²) in [6.45, 7) is 0.385. The number of carbonyl (C=O) groups excluding carboxylic acids is 1. The maximum absolute atomic E-state index is 11.1. The molecule has 1 aromatic rings. The van der Waals surface area contributed by atoms with Gasteiger partial charge in [-0.15, -0.1) is 0 Å². The topological polar surface area (TPSA) is 72.2 Å². The second-order valence-corrected chi connectivity index (χ2v) is 3.49. The summed E-state index contributed by atoms with van der Waals surface area (Å²) < 4.78 is 0. The normalized spacial score (nSPS) is 15.1. The fourth-order valence-electron chi connectivity index (χ4n) is 1.66. The standard InChI is InChI=1S/C10H10N2O3/c13-10-4-2-7-1-3-9(12(14)15)5-8(7)6-11-10/h1,3,5H,2,4,6H2,(H,11,13). The Hall–Kier alpha value is -1.91. The summed E-state index contributed by atoms with van der Waals surface area (Å²) in [5.41, 5.74) is 1.93. The zero-order chi connectivity index (χ0) is 10.8. The molecule has 5 heteroatoms. The van der Waals surface area contributed by atoms with Crippen LogP contribution in [0, 0.1) is 10.1 Å². The maximum Gasteiger partial charge on any atom is 0.269 e. The predicted molar refractivity (Wildman–Crippen MR) is 53.3 cm³/mol. The van der Waals surface area contributed by atoms with Gasteiger partial charge in [0.25, 0.3) is 5.69 Å². The van der Waals surface area contributed by atoms with Crippen molar-refractivity contribution in [3.05, 3.63) is 39.4 Å². The Balaban J connectivity index is 2.36. The van der Waals surface area contributed by atoms with Crippen molar-refractivity contribution in [3.63, 3.8) is 0 Å². The number of amides is 1. The molecule has 15 heavy (non-hydrogen) atoms. The zero-order valence-electron chi connectivity index (χ0n) is 8.03. The lowest BCUT2D eigenvalue weighted by Crippen LogP contribution is -2.20. The van der Waals surface area contributed by atoms with Crippen molar-refractivity contribution in [2.24, 2.45) is 0 Å². The van der Waals surface area contributed by atoms with Gasteiger partial charge in [-0.25, -0.2) is 0 Å². The number of rotatable bonds is 1. The lowest BCUT2D eigenvalue weighted by molar-refractivity contribution is -0.384. The highest BCUT2D eigenvalue weighted by Crippen LogP contribution is 2.20. The highest BCUT2D eigenvalue weighted by molar-refractivity contribution is 5.77. The molecule has 1 amide bonds. The molecular weight excluding hydrogens is 196 g/mol. The van der Waals surface area contributed by atoms with E-state index in [2.05, 4.69) is 5.32 Å². The Morgan fingerprint density at radius 3 is 2.80 bits per heavy atom. The van der Waals surface area contributed by atoms with E-state index in [1.807, 2.05) is 0 Å². The van der Waals surface area contributed by atoms with E-state index in [1.165, 1.54) is 12.1 Å². The minimum atomic E-state index is -0.424. The Labute approximate surface area is 86.2 Å². The Kier molecular flexibility index (Phi) is 2.37. The van der Waals surface area contributed by atoms with E-state index in [4.69, 9.17) is 0 Å². The number of nitrogens with one attached hydrogen (secondary N) is 1. The average Bonchev–Trinajstić information content (AvgIpc) is 2.40. The van der Waals surface area contributed by atoms with Crippen molar-refractivity contribution >= 4 is 11.6 Å². The summed E-state index contributed by atoms with van der Waals surface area (Å²) in [4.78, 5) is 21.3. The Bertz CT molecular complexity index is 429. The molecule has 1 aliphatic heterocycles. The third-order valence-electron chi connectivity index (χ3n) is 2.50. The molecule has 0 saturated heterocycles. The van der Waals surface area contributed by atoms with Crippen LogP contribution in [0.1, 0.15) is 17.5 Å². The minimum absolute atomic E-state index is 0.00569. The van der Waals surface area contributed by atoms with Gasteiger partial charge >= 0.3 is 0 Å². The molecule has 0 saturated carbocycles. The van der Waals surface area contributed by atoms with Gasteiger partial charge in [0.15, 0.2) is 0 Å². The number of hydrogen-bond acceptors (Lipinski definition) is 3. The van der Waals surface area contributed by atoms with Gasteiger partial charge in [0.2, 0.25) is 5.91 Å². The van der Waals surface area contributed by atoms with Crippen molar-refractivity contribution in [1.82, 2.24) is 5.32 Å². The number of carbonyl (C=O) groups is 1. The fraction of sp³-hybridized carbons (Fsp3) is 0.300. The molecule has 0 aliphatic carbocycles. The number of fused-ring (bicyclic) bond motifs is 1. The molecular formula is C10H10N2O3. The largest absolute Gasteiger partial charge is 0.352 e. The van der Waals surface area contributed by atoms with Crippen LogP contribution in [-0.2, 0) is 17.8 Å². The molecule has 0 fully saturated rings. The molecule has 0 bridgehead atoms. The number of nitro groups is 1. The molecule has 0 radical (unpaired) electrons. The molecule has 0 aromatic heterocycles. The quantitative estimate of drug-likeness (QED) is 0.553. The fourth-order valence-corrected chi connectivity index (χ4v) is 1.66. The molecule has 1 N–H and O–H groups in total. The zero-order valence-corrected chi connectivity index (χ0v) is 8.03. The second-order valence-electron chi connectivity index (χ2n) is 3.49. The summed E-state index contributed by atoms with van der Waals surface area (Å²) >= 11 is 0. The van der Waals surface area contributed by atoms with E-state index in [0.29, 0.717) is 19.4 Å². The number of aryl methyl sites for hydroxylation is 1. The van der Waals surface area contributed by atoms with Crippen molar-refractivity contribution in [2.75, 3.05) is 0 Å². The van der Waals surface area contributed by atoms with E-state index < -0.39 is 4.92 Å². The van der Waals surface area contributed by atoms with Crippen LogP contribution in [0.3, 0.4) is 0 Å². The van der Waals surface area contributed by atoms with Gasteiger partial charge in [-0.2, -0.15) is 0 Å². The van der Waals surface area contributed by atoms with Gasteiger partial charge in [0.1, 0.15) is 0 Å². The number of non-ortho nitro benzene ring substituents is 1. The van der Waals surface area contributed by atoms with Crippen LogP contribution in [0.25, 0.3) is 0 Å². The van der Waals surface area contributed by atoms with Crippen LogP contribution in [0.4, 0.5) is 5.69 Å². The van der Waals surface area contributed by atoms with Crippen LogP contribution in [0.15, 0.2) is 18.2 Å². The van der Waals surface area contributed by atoms with Gasteiger partial charge in [-0.1, -0.05) is 6.07 Å². The first-order valence-electron chi connectivity index (χ1n) is 4.70. The summed E-state index contributed by atoms with van der Waals surface area (Å²) in [5.74, 6) is -0.00569. The van der Waals surface area contributed by atoms with Crippen molar-refractivity contribution in [2.45, 2.75) is 19.4 Å². The first kappa shape index (κ1) is 9.64. The number of benzene rings is 1. The lowest BCUT2D eigenvalue weighted by atomic mass is 10.0. The maximum atomic E-state index is 11.1. The third kappa shape index (κ3) is 1.96. The molecule has 0 unspecified atom stereocenters. The van der Waals surface area contributed by atoms with Crippen molar-refractivity contribution in [1.29, 1.82) is 0 Å². The highest BCUT2D eigenvalue weighted by atomic mass is 16.6. The minimum Gasteiger partial charge on any atom is -0.352 e. The van der Waals surface area contributed by atoms with Gasteiger partial charge < -0.3 is 5.32 Å². The van der Waals surface area contributed by atoms with Gasteiger partial charge in [-0.3, -0.25) is 14.9 Å². The molecule has 1 aromatic carbocycles. The van der Waals surface area contributed by atoms with E-state index in [-0.39, 0.29) is 11.6 Å². The van der Waals surface area contributed by atoms with Gasteiger partial charge in [0, 0.05) is 25.1 Å². The van der Waals surface area contributed by atoms with Crippen LogP contribution in [0.2, 0.25) is 0 Å². The average molecular weight is 206 g/mol. The lowest BCUT2D eigenvalue weighted by Gasteiger charge is -2.03. The third-order valence-corrected chi connectivity index (χ3v) is 2.50. The predicted octanol–water partition coefficient (Wildman–Crippen LogP) is 1.16.